The number of benzene rings is 2. The second kappa shape index (κ2) is 6.75. The van der Waals surface area contributed by atoms with Crippen molar-refractivity contribution in [2.75, 3.05) is 6.54 Å². The lowest BCUT2D eigenvalue weighted by Crippen LogP contribution is -2.37. The number of rotatable bonds is 4. The van der Waals surface area contributed by atoms with Crippen LogP contribution in [0.5, 0.6) is 0 Å². The van der Waals surface area contributed by atoms with E-state index >= 15 is 0 Å². The van der Waals surface area contributed by atoms with E-state index in [1.165, 1.54) is 11.1 Å². The molecule has 0 aromatic heterocycles. The lowest BCUT2D eigenvalue weighted by molar-refractivity contribution is -0.123. The number of hydrogen-bond acceptors (Lipinski definition) is 2. The van der Waals surface area contributed by atoms with Gasteiger partial charge < -0.3 is 11.1 Å². The summed E-state index contributed by atoms with van der Waals surface area (Å²) in [7, 11) is 0. The molecule has 3 heteroatoms. The molecule has 2 aromatic rings. The first-order chi connectivity index (χ1) is 10.8. The predicted molar refractivity (Wildman–Crippen MR) is 88.5 cm³/mol. The standard InChI is InChI=1S/C19H22N2O/c20-13-17(15-7-2-1-3-8-15)19(22)21-18-12-6-10-14-9-4-5-11-16(14)18/h1-5,7-9,11,17-18H,6,10,12-13,20H2,(H,21,22). The number of nitrogens with one attached hydrogen (secondary N) is 1. The van der Waals surface area contributed by atoms with Crippen molar-refractivity contribution in [3.05, 3.63) is 71.3 Å². The summed E-state index contributed by atoms with van der Waals surface area (Å²) in [6.07, 6.45) is 3.21. The minimum Gasteiger partial charge on any atom is -0.349 e. The van der Waals surface area contributed by atoms with Crippen LogP contribution in [0.25, 0.3) is 0 Å². The summed E-state index contributed by atoms with van der Waals surface area (Å²) in [6.45, 7) is 0.324. The highest BCUT2D eigenvalue weighted by Crippen LogP contribution is 2.30. The maximum absolute atomic E-state index is 12.7. The molecule has 0 spiro atoms. The van der Waals surface area contributed by atoms with Crippen LogP contribution in [0, 0.1) is 0 Å². The predicted octanol–water partition coefficient (Wildman–Crippen LogP) is 2.92. The zero-order chi connectivity index (χ0) is 15.4. The van der Waals surface area contributed by atoms with Gasteiger partial charge in [-0.25, -0.2) is 0 Å². The number of fused-ring (bicyclic) bond motifs is 1. The van der Waals surface area contributed by atoms with Crippen LogP contribution >= 0.6 is 0 Å². The molecule has 0 fully saturated rings. The first-order valence-electron chi connectivity index (χ1n) is 7.93. The van der Waals surface area contributed by atoms with E-state index in [1.807, 2.05) is 36.4 Å². The van der Waals surface area contributed by atoms with Crippen LogP contribution in [-0.2, 0) is 11.2 Å². The van der Waals surface area contributed by atoms with E-state index in [1.54, 1.807) is 0 Å². The van der Waals surface area contributed by atoms with E-state index < -0.39 is 0 Å². The summed E-state index contributed by atoms with van der Waals surface area (Å²) in [5, 5.41) is 3.21. The van der Waals surface area contributed by atoms with Gasteiger partial charge >= 0.3 is 0 Å². The summed E-state index contributed by atoms with van der Waals surface area (Å²) in [5.41, 5.74) is 9.43. The van der Waals surface area contributed by atoms with Crippen molar-refractivity contribution in [1.82, 2.24) is 5.32 Å². The highest BCUT2D eigenvalue weighted by atomic mass is 16.2. The van der Waals surface area contributed by atoms with Gasteiger partial charge in [-0.05, 0) is 36.0 Å². The number of amides is 1. The summed E-state index contributed by atoms with van der Waals surface area (Å²) in [4.78, 5) is 12.7. The summed E-state index contributed by atoms with van der Waals surface area (Å²) >= 11 is 0. The van der Waals surface area contributed by atoms with Crippen LogP contribution in [0.4, 0.5) is 0 Å². The van der Waals surface area contributed by atoms with E-state index in [0.29, 0.717) is 6.54 Å². The minimum atomic E-state index is -0.282. The number of aryl methyl sites for hydroxylation is 1. The van der Waals surface area contributed by atoms with Crippen LogP contribution < -0.4 is 11.1 Å². The zero-order valence-electron chi connectivity index (χ0n) is 12.7. The van der Waals surface area contributed by atoms with Gasteiger partial charge in [0.25, 0.3) is 0 Å². The highest BCUT2D eigenvalue weighted by Gasteiger charge is 2.25. The quantitative estimate of drug-likeness (QED) is 0.911. The molecule has 1 amide bonds. The van der Waals surface area contributed by atoms with E-state index in [0.717, 1.165) is 24.8 Å². The van der Waals surface area contributed by atoms with E-state index in [2.05, 4.69) is 23.5 Å². The molecule has 3 nitrogen and oxygen atoms in total. The molecule has 2 atom stereocenters. The van der Waals surface area contributed by atoms with Crippen molar-refractivity contribution < 1.29 is 4.79 Å². The Balaban J connectivity index is 1.77. The van der Waals surface area contributed by atoms with Gasteiger partial charge in [-0.3, -0.25) is 4.79 Å². The normalized spacial score (nSPS) is 18.3. The molecule has 2 aromatic carbocycles. The molecule has 0 heterocycles. The lowest BCUT2D eigenvalue weighted by Gasteiger charge is -2.28. The molecule has 3 rings (SSSR count). The fraction of sp³-hybridized carbons (Fsp3) is 0.316. The second-order valence-corrected chi connectivity index (χ2v) is 5.85. The molecule has 0 bridgehead atoms. The third-order valence-corrected chi connectivity index (χ3v) is 4.44. The summed E-state index contributed by atoms with van der Waals surface area (Å²) < 4.78 is 0. The average molecular weight is 294 g/mol. The Kier molecular flexibility index (Phi) is 4.54. The summed E-state index contributed by atoms with van der Waals surface area (Å²) in [6, 6.07) is 18.3. The molecule has 2 unspecified atom stereocenters. The Labute approximate surface area is 131 Å². The molecule has 0 saturated carbocycles. The zero-order valence-corrected chi connectivity index (χ0v) is 12.7. The number of hydrogen-bond donors (Lipinski definition) is 2. The Morgan fingerprint density at radius 1 is 1.14 bits per heavy atom. The average Bonchev–Trinajstić information content (AvgIpc) is 2.57. The van der Waals surface area contributed by atoms with Crippen molar-refractivity contribution in [3.63, 3.8) is 0 Å². The van der Waals surface area contributed by atoms with Crippen molar-refractivity contribution in [2.45, 2.75) is 31.2 Å². The SMILES string of the molecule is NCC(C(=O)NC1CCCc2ccccc21)c1ccccc1. The molecule has 22 heavy (non-hydrogen) atoms. The van der Waals surface area contributed by atoms with Gasteiger partial charge in [0.1, 0.15) is 0 Å². The van der Waals surface area contributed by atoms with Crippen molar-refractivity contribution >= 4 is 5.91 Å². The molecule has 0 aliphatic heterocycles. The van der Waals surface area contributed by atoms with Gasteiger partial charge in [0, 0.05) is 6.54 Å². The smallest absolute Gasteiger partial charge is 0.229 e. The van der Waals surface area contributed by atoms with Gasteiger partial charge in [0.2, 0.25) is 5.91 Å². The van der Waals surface area contributed by atoms with Gasteiger partial charge in [0.05, 0.1) is 12.0 Å². The molecule has 3 N–H and O–H groups in total. The highest BCUT2D eigenvalue weighted by molar-refractivity contribution is 5.84. The van der Waals surface area contributed by atoms with Crippen molar-refractivity contribution in [1.29, 1.82) is 0 Å². The third-order valence-electron chi connectivity index (χ3n) is 4.44. The van der Waals surface area contributed by atoms with Gasteiger partial charge in [-0.1, -0.05) is 54.6 Å². The molecule has 0 radical (unpaired) electrons. The van der Waals surface area contributed by atoms with Gasteiger partial charge in [0.15, 0.2) is 0 Å². The third kappa shape index (κ3) is 3.04. The Hall–Kier alpha value is -2.13. The molecule has 1 aliphatic rings. The molecule has 1 aliphatic carbocycles. The maximum Gasteiger partial charge on any atom is 0.229 e. The Morgan fingerprint density at radius 3 is 2.64 bits per heavy atom. The van der Waals surface area contributed by atoms with Crippen LogP contribution in [-0.4, -0.2) is 12.5 Å². The Morgan fingerprint density at radius 2 is 1.86 bits per heavy atom. The molecule has 0 saturated heterocycles. The van der Waals surface area contributed by atoms with Gasteiger partial charge in [-0.2, -0.15) is 0 Å². The lowest BCUT2D eigenvalue weighted by atomic mass is 9.87. The second-order valence-electron chi connectivity index (χ2n) is 5.85. The van der Waals surface area contributed by atoms with Gasteiger partial charge in [-0.15, -0.1) is 0 Å². The fourth-order valence-electron chi connectivity index (χ4n) is 3.26. The topological polar surface area (TPSA) is 55.1 Å². The minimum absolute atomic E-state index is 0.0235. The molecular weight excluding hydrogens is 272 g/mol. The number of nitrogens with two attached hydrogens (primary N) is 1. The Bertz CT molecular complexity index is 639. The largest absolute Gasteiger partial charge is 0.349 e. The van der Waals surface area contributed by atoms with Crippen LogP contribution in [0.3, 0.4) is 0 Å². The maximum atomic E-state index is 12.7. The van der Waals surface area contributed by atoms with Crippen molar-refractivity contribution in [2.24, 2.45) is 5.73 Å². The van der Waals surface area contributed by atoms with E-state index in [9.17, 15) is 4.79 Å². The fourth-order valence-corrected chi connectivity index (χ4v) is 3.26. The first kappa shape index (κ1) is 14.8. The van der Waals surface area contributed by atoms with Crippen LogP contribution in [0.2, 0.25) is 0 Å². The molecular formula is C19H22N2O. The van der Waals surface area contributed by atoms with E-state index in [-0.39, 0.29) is 17.9 Å². The van der Waals surface area contributed by atoms with Crippen LogP contribution in [0.15, 0.2) is 54.6 Å². The number of carbonyl (C=O) groups is 1. The van der Waals surface area contributed by atoms with Crippen molar-refractivity contribution in [3.8, 4) is 0 Å². The molecule has 114 valence electrons. The monoisotopic (exact) mass is 294 g/mol. The first-order valence-corrected chi connectivity index (χ1v) is 7.93. The van der Waals surface area contributed by atoms with Crippen LogP contribution in [0.1, 0.15) is 41.5 Å². The number of carbonyl (C=O) groups excluding carboxylic acids is 1. The summed E-state index contributed by atoms with van der Waals surface area (Å²) in [5.74, 6) is -0.259. The van der Waals surface area contributed by atoms with E-state index in [4.69, 9.17) is 5.73 Å².